The van der Waals surface area contributed by atoms with E-state index in [4.69, 9.17) is 5.73 Å². The predicted molar refractivity (Wildman–Crippen MR) is 86.1 cm³/mol. The quantitative estimate of drug-likeness (QED) is 0.904. The van der Waals surface area contributed by atoms with E-state index in [1.165, 1.54) is 25.1 Å². The number of aryl methyl sites for hydroxylation is 1. The summed E-state index contributed by atoms with van der Waals surface area (Å²) < 4.78 is 0. The summed E-state index contributed by atoms with van der Waals surface area (Å²) in [5, 5.41) is 3.32. The van der Waals surface area contributed by atoms with E-state index in [1.807, 2.05) is 0 Å². The number of hydrogen-bond acceptors (Lipinski definition) is 5. The van der Waals surface area contributed by atoms with Gasteiger partial charge in [-0.15, -0.1) is 11.3 Å². The van der Waals surface area contributed by atoms with Crippen LogP contribution < -0.4 is 5.73 Å². The molecule has 2 N–H and O–H groups in total. The van der Waals surface area contributed by atoms with Gasteiger partial charge in [-0.25, -0.2) is 4.98 Å². The summed E-state index contributed by atoms with van der Waals surface area (Å²) in [4.78, 5) is 9.58. The zero-order chi connectivity index (χ0) is 14.6. The van der Waals surface area contributed by atoms with Crippen molar-refractivity contribution in [2.24, 2.45) is 5.73 Å². The first-order valence-corrected chi connectivity index (χ1v) is 8.52. The van der Waals surface area contributed by atoms with Crippen molar-refractivity contribution in [1.29, 1.82) is 0 Å². The van der Waals surface area contributed by atoms with Gasteiger partial charge in [-0.1, -0.05) is 6.92 Å². The molecule has 1 fully saturated rings. The molecule has 1 saturated heterocycles. The second-order valence-electron chi connectivity index (χ2n) is 5.93. The first kappa shape index (κ1) is 15.9. The third-order valence-electron chi connectivity index (χ3n) is 4.71. The Morgan fingerprint density at radius 2 is 2.25 bits per heavy atom. The monoisotopic (exact) mass is 296 g/mol. The van der Waals surface area contributed by atoms with E-state index in [0.29, 0.717) is 0 Å². The lowest BCUT2D eigenvalue weighted by molar-refractivity contribution is 0.0983. The van der Waals surface area contributed by atoms with Crippen LogP contribution in [0.3, 0.4) is 0 Å². The van der Waals surface area contributed by atoms with Crippen molar-refractivity contribution in [1.82, 2.24) is 14.8 Å². The maximum absolute atomic E-state index is 6.18. The van der Waals surface area contributed by atoms with Gasteiger partial charge in [0.15, 0.2) is 0 Å². The molecular weight excluding hydrogens is 268 g/mol. The molecule has 1 aliphatic rings. The summed E-state index contributed by atoms with van der Waals surface area (Å²) in [5.41, 5.74) is 7.50. The van der Waals surface area contributed by atoms with Crippen LogP contribution in [0, 0.1) is 6.92 Å². The van der Waals surface area contributed by atoms with E-state index in [2.05, 4.69) is 41.1 Å². The van der Waals surface area contributed by atoms with E-state index in [0.717, 1.165) is 37.6 Å². The van der Waals surface area contributed by atoms with Crippen LogP contribution in [0.15, 0.2) is 5.38 Å². The molecular formula is C15H28N4S. The van der Waals surface area contributed by atoms with Gasteiger partial charge in [0.1, 0.15) is 0 Å². The second kappa shape index (κ2) is 6.98. The molecule has 114 valence electrons. The summed E-state index contributed by atoms with van der Waals surface area (Å²) in [6.45, 7) is 9.48. The van der Waals surface area contributed by atoms with Crippen LogP contribution in [-0.4, -0.2) is 53.5 Å². The molecule has 1 atom stereocenters. The van der Waals surface area contributed by atoms with Gasteiger partial charge in [0.25, 0.3) is 0 Å². The number of likely N-dealkylation sites (N-methyl/N-ethyl adjacent to an activating group) is 1. The summed E-state index contributed by atoms with van der Waals surface area (Å²) >= 11 is 1.73. The average Bonchev–Trinajstić information content (AvgIpc) is 2.74. The van der Waals surface area contributed by atoms with Gasteiger partial charge in [-0.05, 0) is 52.9 Å². The van der Waals surface area contributed by atoms with Gasteiger partial charge < -0.3 is 10.6 Å². The first-order valence-electron chi connectivity index (χ1n) is 7.64. The van der Waals surface area contributed by atoms with Crippen LogP contribution in [-0.2, 0) is 6.54 Å². The zero-order valence-electron chi connectivity index (χ0n) is 13.1. The first-order chi connectivity index (χ1) is 9.59. The van der Waals surface area contributed by atoms with Gasteiger partial charge in [-0.2, -0.15) is 0 Å². The predicted octanol–water partition coefficient (Wildman–Crippen LogP) is 2.09. The molecule has 1 aliphatic heterocycles. The fourth-order valence-electron chi connectivity index (χ4n) is 3.18. The van der Waals surface area contributed by atoms with Crippen molar-refractivity contribution in [3.8, 4) is 0 Å². The van der Waals surface area contributed by atoms with Crippen molar-refractivity contribution >= 4 is 11.3 Å². The highest BCUT2D eigenvalue weighted by molar-refractivity contribution is 7.09. The third kappa shape index (κ3) is 3.58. The number of thiazole rings is 1. The minimum absolute atomic E-state index is 0.140. The number of likely N-dealkylation sites (tertiary alicyclic amines) is 1. The summed E-state index contributed by atoms with van der Waals surface area (Å²) in [6.07, 6.45) is 3.60. The lowest BCUT2D eigenvalue weighted by atomic mass is 9.88. The molecule has 0 radical (unpaired) electrons. The van der Waals surface area contributed by atoms with Crippen LogP contribution >= 0.6 is 11.3 Å². The zero-order valence-corrected chi connectivity index (χ0v) is 13.9. The van der Waals surface area contributed by atoms with E-state index >= 15 is 0 Å². The van der Waals surface area contributed by atoms with Crippen molar-refractivity contribution in [2.75, 3.05) is 33.2 Å². The Bertz CT molecular complexity index is 420. The molecule has 5 heteroatoms. The highest BCUT2D eigenvalue weighted by Gasteiger charge is 2.35. The van der Waals surface area contributed by atoms with Crippen molar-refractivity contribution in [2.45, 2.75) is 45.2 Å². The van der Waals surface area contributed by atoms with Gasteiger partial charge in [-0.3, -0.25) is 4.90 Å². The van der Waals surface area contributed by atoms with Crippen molar-refractivity contribution in [3.05, 3.63) is 16.1 Å². The number of nitrogens with two attached hydrogens (primary N) is 1. The fraction of sp³-hybridized carbons (Fsp3) is 0.800. The maximum atomic E-state index is 6.18. The minimum Gasteiger partial charge on any atom is -0.329 e. The summed E-state index contributed by atoms with van der Waals surface area (Å²) in [5.74, 6) is 0. The van der Waals surface area contributed by atoms with Crippen LogP contribution in [0.4, 0.5) is 0 Å². The maximum Gasteiger partial charge on any atom is 0.0897 e. The lowest BCUT2D eigenvalue weighted by Crippen LogP contribution is -2.52. The van der Waals surface area contributed by atoms with E-state index in [1.54, 1.807) is 11.3 Å². The Hall–Kier alpha value is -0.490. The largest absolute Gasteiger partial charge is 0.329 e. The number of rotatable bonds is 5. The Kier molecular flexibility index (Phi) is 5.55. The Morgan fingerprint density at radius 1 is 1.45 bits per heavy atom. The summed E-state index contributed by atoms with van der Waals surface area (Å²) in [6, 6.07) is 0. The van der Waals surface area contributed by atoms with Crippen LogP contribution in [0.2, 0.25) is 0 Å². The molecule has 1 aromatic rings. The molecule has 0 amide bonds. The number of nitrogens with zero attached hydrogens (tertiary/aromatic N) is 3. The Morgan fingerprint density at radius 3 is 2.85 bits per heavy atom. The van der Waals surface area contributed by atoms with Gasteiger partial charge in [0, 0.05) is 24.0 Å². The Labute approximate surface area is 127 Å². The molecule has 0 bridgehead atoms. The molecule has 20 heavy (non-hydrogen) atoms. The van der Waals surface area contributed by atoms with Crippen molar-refractivity contribution in [3.63, 3.8) is 0 Å². The standard InChI is InChI=1S/C15H28N4S/c1-4-19-8-5-6-15(12-16,7-9-19)18(3)10-14-11-20-13(2)17-14/h11H,4-10,12,16H2,1-3H3. The molecule has 2 heterocycles. The lowest BCUT2D eigenvalue weighted by Gasteiger charge is -2.40. The van der Waals surface area contributed by atoms with Gasteiger partial charge in [0.05, 0.1) is 10.7 Å². The Balaban J connectivity index is 2.05. The van der Waals surface area contributed by atoms with Crippen LogP contribution in [0.1, 0.15) is 36.9 Å². The third-order valence-corrected chi connectivity index (χ3v) is 5.53. The minimum atomic E-state index is 0.140. The highest BCUT2D eigenvalue weighted by atomic mass is 32.1. The highest BCUT2D eigenvalue weighted by Crippen LogP contribution is 2.28. The number of hydrogen-bond donors (Lipinski definition) is 1. The second-order valence-corrected chi connectivity index (χ2v) is 6.99. The topological polar surface area (TPSA) is 45.4 Å². The molecule has 0 saturated carbocycles. The molecule has 0 aliphatic carbocycles. The van der Waals surface area contributed by atoms with Crippen molar-refractivity contribution < 1.29 is 0 Å². The van der Waals surface area contributed by atoms with E-state index in [-0.39, 0.29) is 5.54 Å². The van der Waals surface area contributed by atoms with Crippen LogP contribution in [0.5, 0.6) is 0 Å². The van der Waals surface area contributed by atoms with E-state index < -0.39 is 0 Å². The van der Waals surface area contributed by atoms with Gasteiger partial charge >= 0.3 is 0 Å². The molecule has 1 aromatic heterocycles. The molecule has 0 aromatic carbocycles. The molecule has 0 spiro atoms. The molecule has 1 unspecified atom stereocenters. The molecule has 2 rings (SSSR count). The SMILES string of the molecule is CCN1CCCC(CN)(N(C)Cc2csc(C)n2)CC1. The normalized spacial score (nSPS) is 25.1. The average molecular weight is 296 g/mol. The molecule has 4 nitrogen and oxygen atoms in total. The smallest absolute Gasteiger partial charge is 0.0897 e. The number of aromatic nitrogens is 1. The van der Waals surface area contributed by atoms with Crippen LogP contribution in [0.25, 0.3) is 0 Å². The van der Waals surface area contributed by atoms with Gasteiger partial charge in [0.2, 0.25) is 0 Å². The van der Waals surface area contributed by atoms with E-state index in [9.17, 15) is 0 Å². The fourth-order valence-corrected chi connectivity index (χ4v) is 3.79. The summed E-state index contributed by atoms with van der Waals surface area (Å²) in [7, 11) is 2.21.